The van der Waals surface area contributed by atoms with Gasteiger partial charge in [-0.2, -0.15) is 0 Å². The summed E-state index contributed by atoms with van der Waals surface area (Å²) in [4.78, 5) is 25.8. The molecular formula is C14H16N2O3S2. The minimum atomic E-state index is -0.421. The topological polar surface area (TPSA) is 69.6 Å². The van der Waals surface area contributed by atoms with Gasteiger partial charge in [0.2, 0.25) is 5.91 Å². The molecule has 1 atom stereocenters. The monoisotopic (exact) mass is 324 g/mol. The number of carbonyl (C=O) groups excluding carboxylic acids is 2. The minimum Gasteiger partial charge on any atom is -0.395 e. The number of hydrogen-bond acceptors (Lipinski definition) is 5. The molecule has 5 nitrogen and oxygen atoms in total. The molecule has 0 bridgehead atoms. The van der Waals surface area contributed by atoms with Gasteiger partial charge in [-0.25, -0.2) is 0 Å². The van der Waals surface area contributed by atoms with Crippen LogP contribution in [0, 0.1) is 11.8 Å². The Labute approximate surface area is 131 Å². The van der Waals surface area contributed by atoms with E-state index in [0.717, 1.165) is 22.2 Å². The van der Waals surface area contributed by atoms with Gasteiger partial charge in [-0.05, 0) is 17.0 Å². The highest BCUT2D eigenvalue weighted by Crippen LogP contribution is 2.18. The molecule has 2 N–H and O–H groups in total. The molecule has 2 amide bonds. The summed E-state index contributed by atoms with van der Waals surface area (Å²) in [6, 6.07) is 1.52. The second-order valence-electron chi connectivity index (χ2n) is 4.58. The zero-order chi connectivity index (χ0) is 15.2. The Morgan fingerprint density at radius 2 is 2.43 bits per heavy atom. The Morgan fingerprint density at radius 1 is 1.62 bits per heavy atom. The van der Waals surface area contributed by atoms with Crippen molar-refractivity contribution in [3.05, 3.63) is 21.9 Å². The number of thioether (sulfide) groups is 1. The number of aliphatic hydroxyl groups excluding tert-OH is 1. The van der Waals surface area contributed by atoms with Crippen LogP contribution in [0.25, 0.3) is 0 Å². The molecule has 112 valence electrons. The second kappa shape index (κ2) is 7.50. The van der Waals surface area contributed by atoms with Crippen LogP contribution in [-0.2, 0) is 11.3 Å². The summed E-state index contributed by atoms with van der Waals surface area (Å²) < 4.78 is 0. The van der Waals surface area contributed by atoms with Crippen molar-refractivity contribution in [2.45, 2.75) is 19.0 Å². The van der Waals surface area contributed by atoms with Crippen molar-refractivity contribution < 1.29 is 14.7 Å². The fourth-order valence-corrected chi connectivity index (χ4v) is 3.41. The molecule has 2 heterocycles. The van der Waals surface area contributed by atoms with Crippen molar-refractivity contribution >= 4 is 34.2 Å². The number of nitrogens with zero attached hydrogens (tertiary/aromatic N) is 1. The molecule has 1 aliphatic rings. The SMILES string of the molecule is CN(Cc1csc(C#CCCO)c1)C(=O)C1CSC(=O)N1. The van der Waals surface area contributed by atoms with E-state index in [2.05, 4.69) is 17.2 Å². The third-order valence-corrected chi connectivity index (χ3v) is 4.64. The third-order valence-electron chi connectivity index (χ3n) is 2.87. The maximum Gasteiger partial charge on any atom is 0.279 e. The lowest BCUT2D eigenvalue weighted by Crippen LogP contribution is -2.43. The molecule has 0 aromatic carbocycles. The van der Waals surface area contributed by atoms with Crippen LogP contribution in [0.15, 0.2) is 11.4 Å². The molecule has 0 saturated carbocycles. The lowest BCUT2D eigenvalue weighted by atomic mass is 10.2. The first-order valence-corrected chi connectivity index (χ1v) is 8.32. The maximum atomic E-state index is 12.2. The molecule has 7 heteroatoms. The van der Waals surface area contributed by atoms with Crippen LogP contribution in [0.1, 0.15) is 16.9 Å². The van der Waals surface area contributed by atoms with E-state index in [9.17, 15) is 9.59 Å². The number of aliphatic hydroxyl groups is 1. The number of nitrogens with one attached hydrogen (secondary N) is 1. The van der Waals surface area contributed by atoms with Gasteiger partial charge >= 0.3 is 0 Å². The number of rotatable bonds is 4. The number of likely N-dealkylation sites (N-methyl/N-ethyl adjacent to an activating group) is 1. The first-order chi connectivity index (χ1) is 10.1. The molecule has 1 aliphatic heterocycles. The van der Waals surface area contributed by atoms with Crippen LogP contribution in [-0.4, -0.2) is 46.6 Å². The van der Waals surface area contributed by atoms with Gasteiger partial charge in [0, 0.05) is 25.8 Å². The smallest absolute Gasteiger partial charge is 0.279 e. The highest BCUT2D eigenvalue weighted by atomic mass is 32.2. The normalized spacial score (nSPS) is 17.0. The lowest BCUT2D eigenvalue weighted by Gasteiger charge is -2.19. The van der Waals surface area contributed by atoms with Crippen LogP contribution in [0.4, 0.5) is 4.79 Å². The molecule has 1 fully saturated rings. The summed E-state index contributed by atoms with van der Waals surface area (Å²) in [5.41, 5.74) is 1.01. The summed E-state index contributed by atoms with van der Waals surface area (Å²) in [6.45, 7) is 0.557. The van der Waals surface area contributed by atoms with E-state index >= 15 is 0 Å². The highest BCUT2D eigenvalue weighted by Gasteiger charge is 2.30. The fourth-order valence-electron chi connectivity index (χ4n) is 1.87. The lowest BCUT2D eigenvalue weighted by molar-refractivity contribution is -0.131. The zero-order valence-electron chi connectivity index (χ0n) is 11.6. The summed E-state index contributed by atoms with van der Waals surface area (Å²) in [5, 5.41) is 13.2. The Kier molecular flexibility index (Phi) is 5.67. The molecule has 0 aliphatic carbocycles. The predicted octanol–water partition coefficient (Wildman–Crippen LogP) is 1.27. The first-order valence-electron chi connectivity index (χ1n) is 6.45. The quantitative estimate of drug-likeness (QED) is 0.818. The van der Waals surface area contributed by atoms with Gasteiger partial charge in [0.05, 0.1) is 11.5 Å². The second-order valence-corrected chi connectivity index (χ2v) is 6.49. The Bertz CT molecular complexity index is 589. The van der Waals surface area contributed by atoms with E-state index < -0.39 is 6.04 Å². The van der Waals surface area contributed by atoms with Gasteiger partial charge in [0.15, 0.2) is 0 Å². The zero-order valence-corrected chi connectivity index (χ0v) is 13.2. The van der Waals surface area contributed by atoms with Gasteiger partial charge in [0.1, 0.15) is 6.04 Å². The molecule has 1 aromatic heterocycles. The van der Waals surface area contributed by atoms with Crippen LogP contribution < -0.4 is 5.32 Å². The van der Waals surface area contributed by atoms with Crippen LogP contribution in [0.3, 0.4) is 0 Å². The van der Waals surface area contributed by atoms with Crippen molar-refractivity contribution in [1.29, 1.82) is 0 Å². The summed E-state index contributed by atoms with van der Waals surface area (Å²) >= 11 is 2.66. The summed E-state index contributed by atoms with van der Waals surface area (Å²) in [5.74, 6) is 6.26. The fraction of sp³-hybridized carbons (Fsp3) is 0.429. The van der Waals surface area contributed by atoms with E-state index in [1.807, 2.05) is 11.4 Å². The highest BCUT2D eigenvalue weighted by molar-refractivity contribution is 8.14. The van der Waals surface area contributed by atoms with Crippen molar-refractivity contribution in [1.82, 2.24) is 10.2 Å². The Balaban J connectivity index is 1.91. The van der Waals surface area contributed by atoms with Gasteiger partial charge < -0.3 is 15.3 Å². The average molecular weight is 324 g/mol. The number of amides is 2. The predicted molar refractivity (Wildman–Crippen MR) is 84.2 cm³/mol. The van der Waals surface area contributed by atoms with E-state index in [4.69, 9.17) is 5.11 Å². The average Bonchev–Trinajstić information content (AvgIpc) is 3.07. The third kappa shape index (κ3) is 4.49. The van der Waals surface area contributed by atoms with E-state index in [-0.39, 0.29) is 17.8 Å². The van der Waals surface area contributed by atoms with Gasteiger partial charge in [0.25, 0.3) is 5.24 Å². The van der Waals surface area contributed by atoms with Crippen LogP contribution in [0.5, 0.6) is 0 Å². The molecule has 0 spiro atoms. The van der Waals surface area contributed by atoms with Gasteiger partial charge in [-0.1, -0.05) is 23.6 Å². The van der Waals surface area contributed by atoms with Crippen molar-refractivity contribution in [2.75, 3.05) is 19.4 Å². The van der Waals surface area contributed by atoms with E-state index in [1.54, 1.807) is 11.9 Å². The Hall–Kier alpha value is -1.49. The number of thiophene rings is 1. The summed E-state index contributed by atoms with van der Waals surface area (Å²) in [6.07, 6.45) is 0.463. The van der Waals surface area contributed by atoms with Gasteiger partial charge in [-0.15, -0.1) is 11.3 Å². The standard InChI is InChI=1S/C14H16N2O3S2/c1-16(13(18)12-9-21-14(19)15-12)7-10-6-11(20-8-10)4-2-3-5-17/h6,8,12,17H,3,5,7,9H2,1H3,(H,15,19). The van der Waals surface area contributed by atoms with Crippen LogP contribution >= 0.6 is 23.1 Å². The largest absolute Gasteiger partial charge is 0.395 e. The summed E-state index contributed by atoms with van der Waals surface area (Å²) in [7, 11) is 1.73. The molecule has 1 aromatic rings. The van der Waals surface area contributed by atoms with Crippen molar-refractivity contribution in [3.63, 3.8) is 0 Å². The molecule has 1 unspecified atom stereocenters. The van der Waals surface area contributed by atoms with Crippen molar-refractivity contribution in [3.8, 4) is 11.8 Å². The first kappa shape index (κ1) is 15.9. The molecule has 0 radical (unpaired) electrons. The molecule has 1 saturated heterocycles. The minimum absolute atomic E-state index is 0.0631. The Morgan fingerprint density at radius 3 is 3.10 bits per heavy atom. The van der Waals surface area contributed by atoms with Crippen molar-refractivity contribution in [2.24, 2.45) is 0 Å². The molecule has 2 rings (SSSR count). The molecular weight excluding hydrogens is 308 g/mol. The van der Waals surface area contributed by atoms with E-state index in [1.165, 1.54) is 11.3 Å². The number of hydrogen-bond donors (Lipinski definition) is 2. The molecule has 21 heavy (non-hydrogen) atoms. The maximum absolute atomic E-state index is 12.2. The van der Waals surface area contributed by atoms with Crippen LogP contribution in [0.2, 0.25) is 0 Å². The number of carbonyl (C=O) groups is 2. The van der Waals surface area contributed by atoms with Gasteiger partial charge in [-0.3, -0.25) is 9.59 Å². The van der Waals surface area contributed by atoms with E-state index in [0.29, 0.717) is 18.7 Å².